The third-order valence-electron chi connectivity index (χ3n) is 1.82. The van der Waals surface area contributed by atoms with Crippen molar-refractivity contribution in [1.82, 2.24) is 0 Å². The molecule has 0 fully saturated rings. The van der Waals surface area contributed by atoms with Crippen LogP contribution < -0.4 is 0 Å². The first-order chi connectivity index (χ1) is 7.57. The zero-order chi connectivity index (χ0) is 13.4. The van der Waals surface area contributed by atoms with Gasteiger partial charge in [-0.3, -0.25) is 4.79 Å². The summed E-state index contributed by atoms with van der Waals surface area (Å²) in [5, 5.41) is -0.131. The van der Waals surface area contributed by atoms with Gasteiger partial charge < -0.3 is 0 Å². The predicted octanol–water partition coefficient (Wildman–Crippen LogP) is 4.48. The van der Waals surface area contributed by atoms with E-state index in [1.807, 2.05) is 0 Å². The topological polar surface area (TPSA) is 17.1 Å². The van der Waals surface area contributed by atoms with E-state index >= 15 is 0 Å². The summed E-state index contributed by atoms with van der Waals surface area (Å²) < 4.78 is 61.5. The Bertz CT molecular complexity index is 457. The molecule has 0 amide bonds. The molecule has 1 nitrogen and oxygen atoms in total. The van der Waals surface area contributed by atoms with Gasteiger partial charge >= 0.3 is 12.1 Å². The zero-order valence-electron chi connectivity index (χ0n) is 7.79. The van der Waals surface area contributed by atoms with Crippen molar-refractivity contribution in [2.24, 2.45) is 0 Å². The molecule has 0 aliphatic rings. The maximum Gasteiger partial charge on any atom is 0.461 e. The van der Waals surface area contributed by atoms with Gasteiger partial charge in [0.15, 0.2) is 0 Å². The maximum atomic E-state index is 12.7. The molecule has 0 radical (unpaired) electrons. The summed E-state index contributed by atoms with van der Waals surface area (Å²) in [6, 6.07) is 2.69. The van der Waals surface area contributed by atoms with Crippen LogP contribution in [0.1, 0.15) is 10.4 Å². The van der Waals surface area contributed by atoms with Crippen molar-refractivity contribution in [1.29, 1.82) is 0 Å². The molecule has 94 valence electrons. The molecule has 0 bridgehead atoms. The number of hydrogen-bond acceptors (Lipinski definition) is 1. The minimum absolute atomic E-state index is 0.131. The van der Waals surface area contributed by atoms with E-state index in [2.05, 4.69) is 15.9 Å². The molecule has 0 saturated carbocycles. The standard InChI is InChI=1S/C9H3BrClF5O/c10-5-2-1-4(3-6(5)11)7(17)8(12,13)9(14,15)16/h1-3H. The van der Waals surface area contributed by atoms with E-state index in [1.165, 1.54) is 0 Å². The first kappa shape index (κ1) is 14.4. The average molecular weight is 337 g/mol. The number of alkyl halides is 5. The van der Waals surface area contributed by atoms with Gasteiger partial charge in [-0.2, -0.15) is 22.0 Å². The van der Waals surface area contributed by atoms with Crippen LogP contribution in [0.4, 0.5) is 22.0 Å². The molecule has 0 spiro atoms. The predicted molar refractivity (Wildman–Crippen MR) is 54.5 cm³/mol. The van der Waals surface area contributed by atoms with E-state index in [9.17, 15) is 26.7 Å². The van der Waals surface area contributed by atoms with Crippen molar-refractivity contribution in [3.63, 3.8) is 0 Å². The van der Waals surface area contributed by atoms with Crippen molar-refractivity contribution < 1.29 is 26.7 Å². The summed E-state index contributed by atoms with van der Waals surface area (Å²) in [5.41, 5.74) is -0.805. The molecule has 1 aromatic carbocycles. The van der Waals surface area contributed by atoms with Crippen LogP contribution in [0.3, 0.4) is 0 Å². The highest BCUT2D eigenvalue weighted by Gasteiger charge is 2.63. The Kier molecular flexibility index (Phi) is 3.83. The molecule has 1 aromatic rings. The number of benzene rings is 1. The molecule has 0 saturated heterocycles. The molecule has 0 atom stereocenters. The fourth-order valence-corrected chi connectivity index (χ4v) is 1.37. The lowest BCUT2D eigenvalue weighted by atomic mass is 10.1. The number of carbonyl (C=O) groups is 1. The Morgan fingerprint density at radius 3 is 2.12 bits per heavy atom. The monoisotopic (exact) mass is 336 g/mol. The minimum atomic E-state index is -5.93. The lowest BCUT2D eigenvalue weighted by Crippen LogP contribution is -2.44. The highest BCUT2D eigenvalue weighted by atomic mass is 79.9. The van der Waals surface area contributed by atoms with Gasteiger partial charge in [0.05, 0.1) is 5.02 Å². The third kappa shape index (κ3) is 2.77. The van der Waals surface area contributed by atoms with Crippen molar-refractivity contribution in [2.75, 3.05) is 0 Å². The van der Waals surface area contributed by atoms with Gasteiger partial charge in [-0.25, -0.2) is 0 Å². The van der Waals surface area contributed by atoms with Crippen LogP contribution in [-0.4, -0.2) is 17.9 Å². The molecule has 17 heavy (non-hydrogen) atoms. The third-order valence-corrected chi connectivity index (χ3v) is 3.06. The van der Waals surface area contributed by atoms with Crippen molar-refractivity contribution in [2.45, 2.75) is 12.1 Å². The van der Waals surface area contributed by atoms with Gasteiger partial charge in [0.1, 0.15) is 0 Å². The van der Waals surface area contributed by atoms with E-state index < -0.39 is 23.4 Å². The van der Waals surface area contributed by atoms with Crippen LogP contribution in [0.2, 0.25) is 5.02 Å². The van der Waals surface area contributed by atoms with Crippen molar-refractivity contribution in [3.05, 3.63) is 33.3 Å². The average Bonchev–Trinajstić information content (AvgIpc) is 2.19. The highest BCUT2D eigenvalue weighted by molar-refractivity contribution is 9.10. The van der Waals surface area contributed by atoms with E-state index in [4.69, 9.17) is 11.6 Å². The molecule has 0 aromatic heterocycles. The Balaban J connectivity index is 3.17. The highest BCUT2D eigenvalue weighted by Crippen LogP contribution is 2.38. The normalized spacial score (nSPS) is 12.6. The fourth-order valence-electron chi connectivity index (χ4n) is 0.947. The number of carbonyl (C=O) groups excluding carboxylic acids is 1. The smallest absolute Gasteiger partial charge is 0.287 e. The fraction of sp³-hybridized carbons (Fsp3) is 0.222. The van der Waals surface area contributed by atoms with Gasteiger partial charge in [-0.05, 0) is 34.1 Å². The van der Waals surface area contributed by atoms with Gasteiger partial charge in [0.2, 0.25) is 5.78 Å². The van der Waals surface area contributed by atoms with Crippen LogP contribution in [0.25, 0.3) is 0 Å². The summed E-state index contributed by atoms with van der Waals surface area (Å²) >= 11 is 8.41. The second-order valence-corrected chi connectivity index (χ2v) is 4.29. The van der Waals surface area contributed by atoms with Crippen molar-refractivity contribution >= 4 is 33.3 Å². The SMILES string of the molecule is O=C(c1ccc(Br)c(Cl)c1)C(F)(F)C(F)(F)F. The summed E-state index contributed by atoms with van der Waals surface area (Å²) in [4.78, 5) is 11.0. The Morgan fingerprint density at radius 2 is 1.71 bits per heavy atom. The van der Waals surface area contributed by atoms with Crippen LogP contribution >= 0.6 is 27.5 Å². The molecular weight excluding hydrogens is 334 g/mol. The number of hydrogen-bond donors (Lipinski definition) is 0. The van der Waals surface area contributed by atoms with Crippen molar-refractivity contribution in [3.8, 4) is 0 Å². The largest absolute Gasteiger partial charge is 0.461 e. The number of Topliss-reactive ketones (excluding diaryl/α,β-unsaturated/α-hetero) is 1. The van der Waals surface area contributed by atoms with Crippen LogP contribution in [0.5, 0.6) is 0 Å². The molecule has 0 aliphatic heterocycles. The lowest BCUT2D eigenvalue weighted by Gasteiger charge is -2.18. The summed E-state index contributed by atoms with van der Waals surface area (Å²) in [5.74, 6) is -7.76. The lowest BCUT2D eigenvalue weighted by molar-refractivity contribution is -0.255. The summed E-state index contributed by atoms with van der Waals surface area (Å²) in [7, 11) is 0. The molecule has 8 heteroatoms. The first-order valence-electron chi connectivity index (χ1n) is 4.02. The van der Waals surface area contributed by atoms with Gasteiger partial charge in [-0.1, -0.05) is 11.6 Å². The Labute approximate surface area is 106 Å². The number of halogens is 7. The van der Waals surface area contributed by atoms with Gasteiger partial charge in [0, 0.05) is 10.0 Å². The summed E-state index contributed by atoms with van der Waals surface area (Å²) in [6.45, 7) is 0. The second-order valence-electron chi connectivity index (χ2n) is 3.03. The van der Waals surface area contributed by atoms with Crippen LogP contribution in [-0.2, 0) is 0 Å². The van der Waals surface area contributed by atoms with Crippen LogP contribution in [0, 0.1) is 0 Å². The number of rotatable bonds is 2. The van der Waals surface area contributed by atoms with E-state index in [0.29, 0.717) is 0 Å². The maximum absolute atomic E-state index is 12.7. The molecule has 0 unspecified atom stereocenters. The number of ketones is 1. The van der Waals surface area contributed by atoms with Crippen LogP contribution in [0.15, 0.2) is 22.7 Å². The molecular formula is C9H3BrClF5O. The Hall–Kier alpha value is -0.690. The van der Waals surface area contributed by atoms with Gasteiger partial charge in [0.25, 0.3) is 0 Å². The zero-order valence-corrected chi connectivity index (χ0v) is 10.1. The summed E-state index contributed by atoms with van der Waals surface area (Å²) in [6.07, 6.45) is -5.93. The van der Waals surface area contributed by atoms with E-state index in [1.54, 1.807) is 0 Å². The first-order valence-corrected chi connectivity index (χ1v) is 5.19. The Morgan fingerprint density at radius 1 is 1.18 bits per heavy atom. The molecule has 1 rings (SSSR count). The van der Waals surface area contributed by atoms with E-state index in [0.717, 1.165) is 18.2 Å². The second kappa shape index (κ2) is 4.53. The quantitative estimate of drug-likeness (QED) is 0.574. The molecule has 0 N–H and O–H groups in total. The van der Waals surface area contributed by atoms with E-state index in [-0.39, 0.29) is 9.50 Å². The minimum Gasteiger partial charge on any atom is -0.287 e. The van der Waals surface area contributed by atoms with Gasteiger partial charge in [-0.15, -0.1) is 0 Å². The molecule has 0 aliphatic carbocycles. The molecule has 0 heterocycles.